The molecular formula is C18H33IN4S. The fraction of sp³-hybridized carbons (Fsp3) is 0.611. The van der Waals surface area contributed by atoms with Crippen molar-refractivity contribution in [1.29, 1.82) is 0 Å². The molecule has 1 aromatic carbocycles. The summed E-state index contributed by atoms with van der Waals surface area (Å²) in [5.74, 6) is 1.98. The van der Waals surface area contributed by atoms with Gasteiger partial charge in [-0.3, -0.25) is 9.89 Å². The minimum Gasteiger partial charge on any atom is -0.356 e. The first-order chi connectivity index (χ1) is 11.2. The molecule has 0 bridgehead atoms. The zero-order valence-corrected chi connectivity index (χ0v) is 18.6. The SMILES string of the molecule is CCN(CC)C(CNC(=NC)NCCSC)Cc1ccccc1.I. The highest BCUT2D eigenvalue weighted by atomic mass is 127. The minimum atomic E-state index is 0. The monoisotopic (exact) mass is 464 g/mol. The molecule has 1 unspecified atom stereocenters. The van der Waals surface area contributed by atoms with E-state index >= 15 is 0 Å². The van der Waals surface area contributed by atoms with Gasteiger partial charge in [-0.25, -0.2) is 0 Å². The van der Waals surface area contributed by atoms with E-state index in [2.05, 4.69) is 71.0 Å². The summed E-state index contributed by atoms with van der Waals surface area (Å²) in [5.41, 5.74) is 1.39. The van der Waals surface area contributed by atoms with Gasteiger partial charge in [0, 0.05) is 31.9 Å². The van der Waals surface area contributed by atoms with Crippen molar-refractivity contribution in [2.24, 2.45) is 4.99 Å². The zero-order chi connectivity index (χ0) is 16.9. The van der Waals surface area contributed by atoms with Crippen molar-refractivity contribution in [3.05, 3.63) is 35.9 Å². The maximum Gasteiger partial charge on any atom is 0.191 e. The number of benzene rings is 1. The number of halogens is 1. The highest BCUT2D eigenvalue weighted by Gasteiger charge is 2.16. The van der Waals surface area contributed by atoms with Crippen LogP contribution in [-0.4, -0.2) is 62.1 Å². The Bertz CT molecular complexity index is 438. The maximum absolute atomic E-state index is 4.32. The number of nitrogens with one attached hydrogen (secondary N) is 2. The van der Waals surface area contributed by atoms with E-state index in [4.69, 9.17) is 0 Å². The number of likely N-dealkylation sites (N-methyl/N-ethyl adjacent to an activating group) is 1. The van der Waals surface area contributed by atoms with Crippen LogP contribution in [0.1, 0.15) is 19.4 Å². The van der Waals surface area contributed by atoms with Crippen LogP contribution >= 0.6 is 35.7 Å². The van der Waals surface area contributed by atoms with E-state index in [0.29, 0.717) is 6.04 Å². The molecule has 0 radical (unpaired) electrons. The van der Waals surface area contributed by atoms with E-state index in [9.17, 15) is 0 Å². The van der Waals surface area contributed by atoms with E-state index in [1.165, 1.54) is 5.56 Å². The lowest BCUT2D eigenvalue weighted by Crippen LogP contribution is -2.48. The van der Waals surface area contributed by atoms with Gasteiger partial charge in [0.2, 0.25) is 0 Å². The molecule has 0 amide bonds. The topological polar surface area (TPSA) is 39.7 Å². The fourth-order valence-electron chi connectivity index (χ4n) is 2.66. The van der Waals surface area contributed by atoms with Crippen LogP contribution < -0.4 is 10.6 Å². The van der Waals surface area contributed by atoms with Crippen LogP contribution in [0.3, 0.4) is 0 Å². The Kier molecular flexibility index (Phi) is 14.5. The molecule has 0 heterocycles. The second-order valence-electron chi connectivity index (χ2n) is 5.44. The van der Waals surface area contributed by atoms with Crippen molar-refractivity contribution in [2.75, 3.05) is 45.2 Å². The molecule has 1 rings (SSSR count). The highest BCUT2D eigenvalue weighted by Crippen LogP contribution is 2.08. The average molecular weight is 464 g/mol. The van der Waals surface area contributed by atoms with Gasteiger partial charge >= 0.3 is 0 Å². The summed E-state index contributed by atoms with van der Waals surface area (Å²) in [5, 5.41) is 6.85. The van der Waals surface area contributed by atoms with E-state index in [0.717, 1.165) is 44.3 Å². The molecule has 6 heteroatoms. The van der Waals surface area contributed by atoms with Crippen LogP contribution in [0.4, 0.5) is 0 Å². The largest absolute Gasteiger partial charge is 0.356 e. The van der Waals surface area contributed by atoms with Gasteiger partial charge in [-0.1, -0.05) is 44.2 Å². The molecule has 4 nitrogen and oxygen atoms in total. The number of hydrogen-bond acceptors (Lipinski definition) is 3. The van der Waals surface area contributed by atoms with Gasteiger partial charge in [-0.15, -0.1) is 24.0 Å². The highest BCUT2D eigenvalue weighted by molar-refractivity contribution is 14.0. The first-order valence-electron chi connectivity index (χ1n) is 8.46. The summed E-state index contributed by atoms with van der Waals surface area (Å²) < 4.78 is 0. The Morgan fingerprint density at radius 2 is 1.83 bits per heavy atom. The lowest BCUT2D eigenvalue weighted by molar-refractivity contribution is 0.215. The van der Waals surface area contributed by atoms with Crippen molar-refractivity contribution in [2.45, 2.75) is 26.3 Å². The van der Waals surface area contributed by atoms with Crippen molar-refractivity contribution < 1.29 is 0 Å². The van der Waals surface area contributed by atoms with E-state index in [1.807, 2.05) is 18.8 Å². The van der Waals surface area contributed by atoms with Gasteiger partial charge in [0.05, 0.1) is 0 Å². The Balaban J connectivity index is 0.00000529. The van der Waals surface area contributed by atoms with E-state index in [1.54, 1.807) is 0 Å². The molecule has 0 spiro atoms. The predicted molar refractivity (Wildman–Crippen MR) is 120 cm³/mol. The first-order valence-corrected chi connectivity index (χ1v) is 9.85. The Morgan fingerprint density at radius 3 is 2.38 bits per heavy atom. The van der Waals surface area contributed by atoms with E-state index in [-0.39, 0.29) is 24.0 Å². The molecule has 0 fully saturated rings. The fourth-order valence-corrected chi connectivity index (χ4v) is 2.97. The summed E-state index contributed by atoms with van der Waals surface area (Å²) in [7, 11) is 1.83. The lowest BCUT2D eigenvalue weighted by Gasteiger charge is -2.30. The number of aliphatic imine (C=N–C) groups is 1. The Morgan fingerprint density at radius 1 is 1.17 bits per heavy atom. The summed E-state index contributed by atoms with van der Waals surface area (Å²) in [6.45, 7) is 8.42. The number of rotatable bonds is 10. The van der Waals surface area contributed by atoms with Gasteiger partial charge in [-0.05, 0) is 31.3 Å². The molecule has 1 atom stereocenters. The molecule has 0 aliphatic heterocycles. The molecular weight excluding hydrogens is 431 g/mol. The van der Waals surface area contributed by atoms with Gasteiger partial charge in [0.25, 0.3) is 0 Å². The smallest absolute Gasteiger partial charge is 0.191 e. The van der Waals surface area contributed by atoms with Crippen LogP contribution in [0.5, 0.6) is 0 Å². The summed E-state index contributed by atoms with van der Waals surface area (Å²) in [6.07, 6.45) is 3.17. The van der Waals surface area contributed by atoms with Crippen LogP contribution in [-0.2, 0) is 6.42 Å². The van der Waals surface area contributed by atoms with Crippen LogP contribution in [0, 0.1) is 0 Å². The number of nitrogens with zero attached hydrogens (tertiary/aromatic N) is 2. The standard InChI is InChI=1S/C18H32N4S.HI/c1-5-22(6-2)17(14-16-10-8-7-9-11-16)15-21-18(19-3)20-12-13-23-4;/h7-11,17H,5-6,12-15H2,1-4H3,(H2,19,20,21);1H. The van der Waals surface area contributed by atoms with Gasteiger partial charge in [0.1, 0.15) is 0 Å². The third-order valence-corrected chi connectivity index (χ3v) is 4.58. The van der Waals surface area contributed by atoms with Crippen molar-refractivity contribution >= 4 is 41.7 Å². The molecule has 0 aromatic heterocycles. The quantitative estimate of drug-likeness (QED) is 0.242. The second-order valence-corrected chi connectivity index (χ2v) is 6.42. The Hall–Kier alpha value is -0.470. The van der Waals surface area contributed by atoms with Crippen molar-refractivity contribution in [3.8, 4) is 0 Å². The average Bonchev–Trinajstić information content (AvgIpc) is 2.59. The third-order valence-electron chi connectivity index (χ3n) is 3.97. The van der Waals surface area contributed by atoms with Gasteiger partial charge < -0.3 is 10.6 Å². The molecule has 138 valence electrons. The van der Waals surface area contributed by atoms with Gasteiger partial charge in [-0.2, -0.15) is 11.8 Å². The third kappa shape index (κ3) is 9.13. The predicted octanol–water partition coefficient (Wildman–Crippen LogP) is 3.09. The number of thioether (sulfide) groups is 1. The first kappa shape index (κ1) is 23.5. The van der Waals surface area contributed by atoms with Crippen LogP contribution in [0.25, 0.3) is 0 Å². The molecule has 0 saturated heterocycles. The van der Waals surface area contributed by atoms with Crippen molar-refractivity contribution in [3.63, 3.8) is 0 Å². The minimum absolute atomic E-state index is 0. The molecule has 2 N–H and O–H groups in total. The van der Waals surface area contributed by atoms with Crippen LogP contribution in [0.2, 0.25) is 0 Å². The molecule has 0 saturated carbocycles. The lowest BCUT2D eigenvalue weighted by atomic mass is 10.0. The summed E-state index contributed by atoms with van der Waals surface area (Å²) >= 11 is 1.84. The summed E-state index contributed by atoms with van der Waals surface area (Å²) in [6, 6.07) is 11.2. The Labute approximate surface area is 169 Å². The maximum atomic E-state index is 4.32. The second kappa shape index (κ2) is 14.8. The number of guanidine groups is 1. The molecule has 24 heavy (non-hydrogen) atoms. The van der Waals surface area contributed by atoms with Crippen molar-refractivity contribution in [1.82, 2.24) is 15.5 Å². The molecule has 0 aliphatic carbocycles. The normalized spacial score (nSPS) is 12.6. The summed E-state index contributed by atoms with van der Waals surface area (Å²) in [4.78, 5) is 6.83. The molecule has 0 aliphatic rings. The number of hydrogen-bond donors (Lipinski definition) is 2. The zero-order valence-electron chi connectivity index (χ0n) is 15.4. The van der Waals surface area contributed by atoms with E-state index < -0.39 is 0 Å². The van der Waals surface area contributed by atoms with Crippen LogP contribution in [0.15, 0.2) is 35.3 Å². The van der Waals surface area contributed by atoms with Gasteiger partial charge in [0.15, 0.2) is 5.96 Å². The molecule has 1 aromatic rings.